The second kappa shape index (κ2) is 13.8. The van der Waals surface area contributed by atoms with Crippen LogP contribution in [0.25, 0.3) is 11.6 Å². The lowest BCUT2D eigenvalue weighted by atomic mass is 9.97. The fourth-order valence-corrected chi connectivity index (χ4v) is 4.93. The monoisotopic (exact) mass is 567 g/mol. The smallest absolute Gasteiger partial charge is 0.388 e. The number of hydrogen-bond acceptors (Lipinski definition) is 3. The van der Waals surface area contributed by atoms with E-state index >= 15 is 0 Å². The van der Waals surface area contributed by atoms with Gasteiger partial charge >= 0.3 is 6.18 Å². The number of hydrogen-bond donors (Lipinski definition) is 3. The molecule has 0 fully saturated rings. The van der Waals surface area contributed by atoms with Gasteiger partial charge in [-0.25, -0.2) is 0 Å². The first-order valence-corrected chi connectivity index (χ1v) is 13.8. The van der Waals surface area contributed by atoms with Crippen LogP contribution in [0, 0.1) is 6.92 Å². The summed E-state index contributed by atoms with van der Waals surface area (Å²) in [5, 5.41) is 9.78. The SMILES string of the molecule is C=C(NCc1ccccc1C(F)(F)F)C1=C(c2ccc(NC)cc2)CC(c2ccccc2)N1.C=Cc1ccccc1C. The van der Waals surface area contributed by atoms with E-state index in [9.17, 15) is 13.2 Å². The molecule has 1 unspecified atom stereocenters. The van der Waals surface area contributed by atoms with Gasteiger partial charge in [-0.05, 0) is 64.9 Å². The number of anilines is 1. The molecule has 216 valence electrons. The van der Waals surface area contributed by atoms with E-state index in [1.54, 1.807) is 6.07 Å². The standard InChI is InChI=1S/C27H26F3N3.C9H10/c1-18(32-17-21-10-6-7-11-24(21)27(28,29)30)26-23(19-12-14-22(31-2)15-13-19)16-25(33-26)20-8-4-3-5-9-20;1-3-9-7-5-4-6-8(9)2/h3-15,25,31-33H,1,16-17H2,2H3;3-7H,1H2,2H3. The highest BCUT2D eigenvalue weighted by atomic mass is 19.4. The molecule has 5 rings (SSSR count). The summed E-state index contributed by atoms with van der Waals surface area (Å²) in [6, 6.07) is 32.1. The van der Waals surface area contributed by atoms with Crippen molar-refractivity contribution in [2.24, 2.45) is 0 Å². The van der Waals surface area contributed by atoms with Gasteiger partial charge in [-0.3, -0.25) is 0 Å². The van der Waals surface area contributed by atoms with E-state index in [4.69, 9.17) is 0 Å². The van der Waals surface area contributed by atoms with Gasteiger partial charge in [-0.15, -0.1) is 0 Å². The largest absolute Gasteiger partial charge is 0.416 e. The molecular formula is C36H36F3N3. The molecule has 0 bridgehead atoms. The van der Waals surface area contributed by atoms with Gasteiger partial charge in [0.1, 0.15) is 0 Å². The van der Waals surface area contributed by atoms with Crippen LogP contribution >= 0.6 is 0 Å². The van der Waals surface area contributed by atoms with E-state index in [0.29, 0.717) is 5.70 Å². The highest BCUT2D eigenvalue weighted by molar-refractivity contribution is 5.75. The molecule has 0 spiro atoms. The van der Waals surface area contributed by atoms with Crippen LogP contribution in [0.2, 0.25) is 0 Å². The molecule has 42 heavy (non-hydrogen) atoms. The number of alkyl halides is 3. The minimum Gasteiger partial charge on any atom is -0.388 e. The van der Waals surface area contributed by atoms with Crippen molar-refractivity contribution in [1.82, 2.24) is 10.6 Å². The molecule has 0 amide bonds. The van der Waals surface area contributed by atoms with Crippen LogP contribution in [0.5, 0.6) is 0 Å². The van der Waals surface area contributed by atoms with E-state index in [-0.39, 0.29) is 18.2 Å². The summed E-state index contributed by atoms with van der Waals surface area (Å²) in [6.07, 6.45) is -1.78. The topological polar surface area (TPSA) is 36.1 Å². The Kier molecular flexibility index (Phi) is 9.92. The van der Waals surface area contributed by atoms with Gasteiger partial charge in [0.15, 0.2) is 0 Å². The third-order valence-corrected chi connectivity index (χ3v) is 7.28. The van der Waals surface area contributed by atoms with Gasteiger partial charge in [0.25, 0.3) is 0 Å². The maximum Gasteiger partial charge on any atom is 0.416 e. The fraction of sp³-hybridized carbons (Fsp3) is 0.167. The molecule has 1 aliphatic rings. The molecule has 1 aliphatic heterocycles. The molecule has 1 heterocycles. The second-order valence-corrected chi connectivity index (χ2v) is 10.0. The lowest BCUT2D eigenvalue weighted by molar-refractivity contribution is -0.138. The van der Waals surface area contributed by atoms with Gasteiger partial charge in [-0.1, -0.05) is 104 Å². The van der Waals surface area contributed by atoms with E-state index in [2.05, 4.69) is 60.3 Å². The molecular weight excluding hydrogens is 531 g/mol. The lowest BCUT2D eigenvalue weighted by Crippen LogP contribution is -2.23. The van der Waals surface area contributed by atoms with Crippen molar-refractivity contribution >= 4 is 17.3 Å². The van der Waals surface area contributed by atoms with Crippen molar-refractivity contribution in [2.45, 2.75) is 32.1 Å². The second-order valence-electron chi connectivity index (χ2n) is 10.0. The van der Waals surface area contributed by atoms with Crippen molar-refractivity contribution in [3.63, 3.8) is 0 Å². The number of benzene rings is 4. The summed E-state index contributed by atoms with van der Waals surface area (Å²) >= 11 is 0. The van der Waals surface area contributed by atoms with Crippen LogP contribution < -0.4 is 16.0 Å². The third kappa shape index (κ3) is 7.52. The van der Waals surface area contributed by atoms with E-state index in [1.807, 2.05) is 67.7 Å². The van der Waals surface area contributed by atoms with Crippen molar-refractivity contribution in [3.05, 3.63) is 161 Å². The molecule has 6 heteroatoms. The third-order valence-electron chi connectivity index (χ3n) is 7.28. The van der Waals surface area contributed by atoms with Crippen LogP contribution in [-0.4, -0.2) is 7.05 Å². The molecule has 4 aromatic rings. The minimum absolute atomic E-state index is 0.0294. The highest BCUT2D eigenvalue weighted by Gasteiger charge is 2.33. The molecule has 0 saturated heterocycles. The van der Waals surface area contributed by atoms with Crippen LogP contribution in [0.1, 0.15) is 45.8 Å². The molecule has 0 aliphatic carbocycles. The summed E-state index contributed by atoms with van der Waals surface area (Å²) in [5.74, 6) is 0. The van der Waals surface area contributed by atoms with Gasteiger partial charge in [0.2, 0.25) is 0 Å². The Morgan fingerprint density at radius 2 is 1.55 bits per heavy atom. The summed E-state index contributed by atoms with van der Waals surface area (Å²) in [6.45, 7) is 9.96. The first-order valence-electron chi connectivity index (χ1n) is 13.8. The Labute approximate surface area is 246 Å². The Balaban J connectivity index is 0.000000385. The Hall–Kier alpha value is -4.71. The quantitative estimate of drug-likeness (QED) is 0.199. The lowest BCUT2D eigenvalue weighted by Gasteiger charge is -2.18. The van der Waals surface area contributed by atoms with Crippen LogP contribution in [0.3, 0.4) is 0 Å². The maximum atomic E-state index is 13.4. The molecule has 4 aromatic carbocycles. The molecule has 3 nitrogen and oxygen atoms in total. The van der Waals surface area contributed by atoms with E-state index in [1.165, 1.54) is 23.3 Å². The van der Waals surface area contributed by atoms with Crippen LogP contribution in [0.15, 0.2) is 128 Å². The fourth-order valence-electron chi connectivity index (χ4n) is 4.93. The van der Waals surface area contributed by atoms with E-state index in [0.717, 1.165) is 40.6 Å². The summed E-state index contributed by atoms with van der Waals surface area (Å²) in [7, 11) is 1.87. The zero-order valence-corrected chi connectivity index (χ0v) is 23.9. The maximum absolute atomic E-state index is 13.4. The molecule has 3 N–H and O–H groups in total. The van der Waals surface area contributed by atoms with Crippen molar-refractivity contribution < 1.29 is 13.2 Å². The number of halogens is 3. The van der Waals surface area contributed by atoms with Gasteiger partial charge in [0, 0.05) is 19.3 Å². The first-order chi connectivity index (χ1) is 20.2. The van der Waals surface area contributed by atoms with E-state index < -0.39 is 11.7 Å². The first kappa shape index (κ1) is 30.3. The average molecular weight is 568 g/mol. The highest BCUT2D eigenvalue weighted by Crippen LogP contribution is 2.38. The number of nitrogens with one attached hydrogen (secondary N) is 3. The number of aryl methyl sites for hydroxylation is 1. The van der Waals surface area contributed by atoms with Gasteiger partial charge in [-0.2, -0.15) is 13.2 Å². The van der Waals surface area contributed by atoms with Crippen molar-refractivity contribution in [2.75, 3.05) is 12.4 Å². The van der Waals surface area contributed by atoms with Crippen LogP contribution in [0.4, 0.5) is 18.9 Å². The Bertz CT molecular complexity index is 1540. The summed E-state index contributed by atoms with van der Waals surface area (Å²) in [5.41, 5.74) is 7.72. The normalized spacial score (nSPS) is 14.4. The summed E-state index contributed by atoms with van der Waals surface area (Å²) < 4.78 is 40.1. The predicted octanol–water partition coefficient (Wildman–Crippen LogP) is 9.13. The average Bonchev–Trinajstić information content (AvgIpc) is 3.46. The minimum atomic E-state index is -4.40. The Morgan fingerprint density at radius 3 is 2.17 bits per heavy atom. The van der Waals surface area contributed by atoms with Crippen molar-refractivity contribution in [3.8, 4) is 0 Å². The van der Waals surface area contributed by atoms with Gasteiger partial charge < -0.3 is 16.0 Å². The molecule has 0 saturated carbocycles. The van der Waals surface area contributed by atoms with Gasteiger partial charge in [0.05, 0.1) is 23.0 Å². The zero-order valence-electron chi connectivity index (χ0n) is 23.9. The Morgan fingerprint density at radius 1 is 0.905 bits per heavy atom. The zero-order chi connectivity index (χ0) is 30.1. The molecule has 0 radical (unpaired) electrons. The van der Waals surface area contributed by atoms with Crippen molar-refractivity contribution in [1.29, 1.82) is 0 Å². The predicted molar refractivity (Wildman–Crippen MR) is 169 cm³/mol. The molecule has 1 atom stereocenters. The molecule has 0 aromatic heterocycles. The summed E-state index contributed by atoms with van der Waals surface area (Å²) in [4.78, 5) is 0. The number of rotatable bonds is 8. The van der Waals surface area contributed by atoms with Crippen LogP contribution in [-0.2, 0) is 12.7 Å².